The first-order chi connectivity index (χ1) is 7.69. The average Bonchev–Trinajstić information content (AvgIpc) is 2.28. The van der Waals surface area contributed by atoms with Crippen LogP contribution < -0.4 is 0 Å². The molecule has 0 aromatic heterocycles. The first kappa shape index (κ1) is 11.1. The number of halogens is 3. The monoisotopic (exact) mass is 238 g/mol. The summed E-state index contributed by atoms with van der Waals surface area (Å²) in [6, 6.07) is 10.8. The molecule has 0 saturated heterocycles. The lowest BCUT2D eigenvalue weighted by molar-refractivity contribution is 0.584. The van der Waals surface area contributed by atoms with E-state index in [1.165, 1.54) is 12.1 Å². The minimum absolute atomic E-state index is 0.381. The first-order valence-corrected chi connectivity index (χ1v) is 5.34. The second-order valence-corrected chi connectivity index (χ2v) is 3.76. The lowest BCUT2D eigenvalue weighted by Crippen LogP contribution is -1.85. The Bertz CT molecular complexity index is 489. The topological polar surface area (TPSA) is 0 Å². The van der Waals surface area contributed by atoms with Crippen LogP contribution in [0.2, 0.25) is 0 Å². The minimum Gasteiger partial charge on any atom is -0.207 e. The second-order valence-electron chi connectivity index (χ2n) is 3.49. The zero-order valence-corrected chi connectivity index (χ0v) is 9.14. The number of benzene rings is 2. The molecule has 0 atom stereocenters. The molecule has 82 valence electrons. The van der Waals surface area contributed by atoms with Crippen molar-refractivity contribution in [3.05, 3.63) is 59.7 Å². The fourth-order valence-corrected chi connectivity index (χ4v) is 1.72. The Morgan fingerprint density at radius 3 is 2.19 bits per heavy atom. The summed E-state index contributed by atoms with van der Waals surface area (Å²) in [7, 11) is 0. The molecule has 0 N–H and O–H groups in total. The van der Waals surface area contributed by atoms with Crippen LogP contribution in [0.1, 0.15) is 5.56 Å². The molecule has 0 spiro atoms. The molecule has 0 fully saturated rings. The van der Waals surface area contributed by atoms with Crippen LogP contribution in [0.25, 0.3) is 11.1 Å². The maximum absolute atomic E-state index is 13.0. The Labute approximate surface area is 97.5 Å². The smallest absolute Gasteiger partial charge is 0.126 e. The van der Waals surface area contributed by atoms with Gasteiger partial charge in [-0.05, 0) is 34.9 Å². The largest absolute Gasteiger partial charge is 0.207 e. The van der Waals surface area contributed by atoms with Crippen molar-refractivity contribution in [3.8, 4) is 11.1 Å². The molecule has 0 aliphatic carbocycles. The quantitative estimate of drug-likeness (QED) is 0.682. The highest BCUT2D eigenvalue weighted by molar-refractivity contribution is 6.17. The molecule has 0 bridgehead atoms. The molecule has 2 rings (SSSR count). The molecule has 0 aliphatic rings. The average molecular weight is 239 g/mol. The minimum atomic E-state index is -0.578. The summed E-state index contributed by atoms with van der Waals surface area (Å²) in [5.41, 5.74) is 2.20. The summed E-state index contributed by atoms with van der Waals surface area (Å²) in [4.78, 5) is 0. The molecular formula is C13H9ClF2. The van der Waals surface area contributed by atoms with Crippen LogP contribution in [0.3, 0.4) is 0 Å². The van der Waals surface area contributed by atoms with Crippen LogP contribution in [-0.2, 0) is 5.88 Å². The Morgan fingerprint density at radius 2 is 1.56 bits per heavy atom. The van der Waals surface area contributed by atoms with Crippen LogP contribution in [0, 0.1) is 11.6 Å². The molecule has 2 aromatic rings. The number of hydrogen-bond donors (Lipinski definition) is 0. The van der Waals surface area contributed by atoms with E-state index in [1.807, 2.05) is 18.2 Å². The molecule has 0 heterocycles. The number of rotatable bonds is 2. The Morgan fingerprint density at radius 1 is 0.875 bits per heavy atom. The highest BCUT2D eigenvalue weighted by atomic mass is 35.5. The van der Waals surface area contributed by atoms with Gasteiger partial charge in [0, 0.05) is 11.9 Å². The van der Waals surface area contributed by atoms with E-state index in [9.17, 15) is 8.78 Å². The van der Waals surface area contributed by atoms with Gasteiger partial charge >= 0.3 is 0 Å². The first-order valence-electron chi connectivity index (χ1n) is 4.80. The summed E-state index contributed by atoms with van der Waals surface area (Å²) in [5.74, 6) is -0.774. The maximum atomic E-state index is 13.0. The molecule has 0 radical (unpaired) electrons. The van der Waals surface area contributed by atoms with Crippen molar-refractivity contribution in [1.29, 1.82) is 0 Å². The van der Waals surface area contributed by atoms with Crippen LogP contribution in [0.5, 0.6) is 0 Å². The van der Waals surface area contributed by atoms with E-state index in [2.05, 4.69) is 0 Å². The lowest BCUT2D eigenvalue weighted by atomic mass is 10.0. The summed E-state index contributed by atoms with van der Waals surface area (Å²) in [6.07, 6.45) is 0. The maximum Gasteiger partial charge on any atom is 0.126 e. The van der Waals surface area contributed by atoms with Gasteiger partial charge in [0.15, 0.2) is 0 Å². The van der Waals surface area contributed by atoms with Crippen LogP contribution in [0.4, 0.5) is 8.78 Å². The van der Waals surface area contributed by atoms with Gasteiger partial charge in [-0.15, -0.1) is 11.6 Å². The third-order valence-electron chi connectivity index (χ3n) is 2.28. The van der Waals surface area contributed by atoms with E-state index >= 15 is 0 Å². The van der Waals surface area contributed by atoms with E-state index in [4.69, 9.17) is 11.6 Å². The third kappa shape index (κ3) is 2.39. The lowest BCUT2D eigenvalue weighted by Gasteiger charge is -2.04. The molecule has 0 nitrogen and oxygen atoms in total. The fraction of sp³-hybridized carbons (Fsp3) is 0.0769. The Balaban J connectivity index is 2.49. The normalized spacial score (nSPS) is 10.4. The Hall–Kier alpha value is -1.41. The van der Waals surface area contributed by atoms with Gasteiger partial charge in [0.1, 0.15) is 11.6 Å². The van der Waals surface area contributed by atoms with Gasteiger partial charge in [-0.2, -0.15) is 0 Å². The summed E-state index contributed by atoms with van der Waals surface area (Å²) >= 11 is 5.70. The number of alkyl halides is 1. The van der Waals surface area contributed by atoms with Crippen molar-refractivity contribution in [2.75, 3.05) is 0 Å². The van der Waals surface area contributed by atoms with E-state index < -0.39 is 11.6 Å². The highest BCUT2D eigenvalue weighted by Gasteiger charge is 2.03. The van der Waals surface area contributed by atoms with Crippen LogP contribution in [-0.4, -0.2) is 0 Å². The molecule has 0 aliphatic heterocycles. The van der Waals surface area contributed by atoms with Crippen molar-refractivity contribution in [2.24, 2.45) is 0 Å². The third-order valence-corrected chi connectivity index (χ3v) is 2.59. The summed E-state index contributed by atoms with van der Waals surface area (Å²) < 4.78 is 26.1. The standard InChI is InChI=1S/C13H9ClF2/c14-8-9-2-1-3-10(4-9)11-5-12(15)7-13(16)6-11/h1-7H,8H2. The highest BCUT2D eigenvalue weighted by Crippen LogP contribution is 2.23. The van der Waals surface area contributed by atoms with Crippen molar-refractivity contribution in [3.63, 3.8) is 0 Å². The van der Waals surface area contributed by atoms with Crippen molar-refractivity contribution < 1.29 is 8.78 Å². The van der Waals surface area contributed by atoms with Gasteiger partial charge in [0.05, 0.1) is 0 Å². The van der Waals surface area contributed by atoms with Gasteiger partial charge in [0.2, 0.25) is 0 Å². The van der Waals surface area contributed by atoms with E-state index in [0.29, 0.717) is 11.4 Å². The summed E-state index contributed by atoms with van der Waals surface area (Å²) in [5, 5.41) is 0. The zero-order valence-electron chi connectivity index (χ0n) is 8.38. The number of hydrogen-bond acceptors (Lipinski definition) is 0. The predicted molar refractivity (Wildman–Crippen MR) is 61.4 cm³/mol. The van der Waals surface area contributed by atoms with E-state index in [-0.39, 0.29) is 0 Å². The zero-order chi connectivity index (χ0) is 11.5. The van der Waals surface area contributed by atoms with Crippen LogP contribution >= 0.6 is 11.6 Å². The van der Waals surface area contributed by atoms with Gasteiger partial charge in [-0.3, -0.25) is 0 Å². The second kappa shape index (κ2) is 4.62. The molecular weight excluding hydrogens is 230 g/mol. The molecule has 2 aromatic carbocycles. The molecule has 0 saturated carbocycles. The molecule has 3 heteroatoms. The predicted octanol–water partition coefficient (Wildman–Crippen LogP) is 4.37. The van der Waals surface area contributed by atoms with E-state index in [0.717, 1.165) is 17.2 Å². The summed E-state index contributed by atoms with van der Waals surface area (Å²) in [6.45, 7) is 0. The molecule has 0 amide bonds. The van der Waals surface area contributed by atoms with Gasteiger partial charge in [-0.25, -0.2) is 8.78 Å². The van der Waals surface area contributed by atoms with Gasteiger partial charge < -0.3 is 0 Å². The molecule has 0 unspecified atom stereocenters. The SMILES string of the molecule is Fc1cc(F)cc(-c2cccc(CCl)c2)c1. The fourth-order valence-electron chi connectivity index (χ4n) is 1.55. The van der Waals surface area contributed by atoms with Crippen LogP contribution in [0.15, 0.2) is 42.5 Å². The Kier molecular flexibility index (Phi) is 3.20. The molecule has 16 heavy (non-hydrogen) atoms. The van der Waals surface area contributed by atoms with Gasteiger partial charge in [0.25, 0.3) is 0 Å². The van der Waals surface area contributed by atoms with Crippen molar-refractivity contribution in [1.82, 2.24) is 0 Å². The van der Waals surface area contributed by atoms with E-state index in [1.54, 1.807) is 6.07 Å². The van der Waals surface area contributed by atoms with Crippen molar-refractivity contribution in [2.45, 2.75) is 5.88 Å². The van der Waals surface area contributed by atoms with Crippen molar-refractivity contribution >= 4 is 11.6 Å². The van der Waals surface area contributed by atoms with Gasteiger partial charge in [-0.1, -0.05) is 18.2 Å².